The second-order valence-electron chi connectivity index (χ2n) is 4.91. The molecule has 0 spiro atoms. The summed E-state index contributed by atoms with van der Waals surface area (Å²) < 4.78 is 0. The van der Waals surface area contributed by atoms with Gasteiger partial charge >= 0.3 is 0 Å². The molecule has 0 unspecified atom stereocenters. The largest absolute Gasteiger partial charge is 0.325 e. The van der Waals surface area contributed by atoms with Crippen LogP contribution in [0.3, 0.4) is 0 Å². The first kappa shape index (κ1) is 17.3. The van der Waals surface area contributed by atoms with Crippen LogP contribution in [0.2, 0.25) is 10.0 Å². The summed E-state index contributed by atoms with van der Waals surface area (Å²) in [6, 6.07) is 12.2. The van der Waals surface area contributed by atoms with Gasteiger partial charge in [-0.05, 0) is 36.2 Å². The highest BCUT2D eigenvalue weighted by atomic mass is 35.5. The summed E-state index contributed by atoms with van der Waals surface area (Å²) in [5.41, 5.74) is 2.11. The minimum atomic E-state index is -0.458. The van der Waals surface area contributed by atoms with Gasteiger partial charge in [-0.3, -0.25) is 9.59 Å². The van der Waals surface area contributed by atoms with E-state index in [1.165, 1.54) is 6.07 Å². The molecule has 0 aliphatic rings. The SMILES string of the molecule is CCc1ccccc1NC(=O)CC(=O)Nc1cc(Cl)ccc1Cl. The molecule has 0 aromatic heterocycles. The Hall–Kier alpha value is -2.04. The summed E-state index contributed by atoms with van der Waals surface area (Å²) >= 11 is 11.8. The first-order chi connectivity index (χ1) is 11.0. The van der Waals surface area contributed by atoms with Gasteiger partial charge in [0, 0.05) is 10.7 Å². The Balaban J connectivity index is 1.97. The van der Waals surface area contributed by atoms with Gasteiger partial charge in [0.15, 0.2) is 0 Å². The van der Waals surface area contributed by atoms with Crippen LogP contribution in [-0.4, -0.2) is 11.8 Å². The van der Waals surface area contributed by atoms with Gasteiger partial charge in [-0.2, -0.15) is 0 Å². The third-order valence-corrected chi connectivity index (χ3v) is 3.76. The molecule has 2 aromatic rings. The number of hydrogen-bond donors (Lipinski definition) is 2. The van der Waals surface area contributed by atoms with Gasteiger partial charge in [-0.15, -0.1) is 0 Å². The molecule has 2 amide bonds. The van der Waals surface area contributed by atoms with Crippen LogP contribution in [0.4, 0.5) is 11.4 Å². The minimum Gasteiger partial charge on any atom is -0.325 e. The zero-order valence-electron chi connectivity index (χ0n) is 12.5. The molecule has 2 N–H and O–H groups in total. The summed E-state index contributed by atoms with van der Waals surface area (Å²) in [5, 5.41) is 6.14. The first-order valence-corrected chi connectivity index (χ1v) is 7.88. The van der Waals surface area contributed by atoms with E-state index in [9.17, 15) is 9.59 Å². The zero-order valence-corrected chi connectivity index (χ0v) is 14.0. The third-order valence-electron chi connectivity index (χ3n) is 3.20. The van der Waals surface area contributed by atoms with E-state index < -0.39 is 5.91 Å². The maximum Gasteiger partial charge on any atom is 0.233 e. The molecule has 0 fully saturated rings. The number of carbonyl (C=O) groups excluding carboxylic acids is 2. The first-order valence-electron chi connectivity index (χ1n) is 7.12. The number of amides is 2. The van der Waals surface area contributed by atoms with Crippen LogP contribution >= 0.6 is 23.2 Å². The number of aryl methyl sites for hydroxylation is 1. The van der Waals surface area contributed by atoms with Crippen LogP contribution in [-0.2, 0) is 16.0 Å². The second-order valence-corrected chi connectivity index (χ2v) is 5.75. The van der Waals surface area contributed by atoms with E-state index in [0.29, 0.717) is 21.4 Å². The van der Waals surface area contributed by atoms with E-state index in [-0.39, 0.29) is 12.3 Å². The van der Waals surface area contributed by atoms with Gasteiger partial charge < -0.3 is 10.6 Å². The Kier molecular flexibility index (Phi) is 6.02. The average molecular weight is 351 g/mol. The molecule has 0 heterocycles. The van der Waals surface area contributed by atoms with Gasteiger partial charge in [-0.25, -0.2) is 0 Å². The molecule has 4 nitrogen and oxygen atoms in total. The van der Waals surface area contributed by atoms with E-state index in [2.05, 4.69) is 10.6 Å². The van der Waals surface area contributed by atoms with Gasteiger partial charge in [-0.1, -0.05) is 48.3 Å². The molecular weight excluding hydrogens is 335 g/mol. The number of halogens is 2. The number of anilines is 2. The quantitative estimate of drug-likeness (QED) is 0.778. The molecule has 0 aliphatic heterocycles. The predicted molar refractivity (Wildman–Crippen MR) is 94.2 cm³/mol. The Morgan fingerprint density at radius 3 is 2.30 bits per heavy atom. The molecular formula is C17H16Cl2N2O2. The highest BCUT2D eigenvalue weighted by Crippen LogP contribution is 2.25. The van der Waals surface area contributed by atoms with Crippen molar-refractivity contribution < 1.29 is 9.59 Å². The lowest BCUT2D eigenvalue weighted by molar-refractivity contribution is -0.123. The molecule has 2 rings (SSSR count). The maximum absolute atomic E-state index is 12.0. The Morgan fingerprint density at radius 1 is 0.957 bits per heavy atom. The van der Waals surface area contributed by atoms with E-state index >= 15 is 0 Å². The number of para-hydroxylation sites is 1. The highest BCUT2D eigenvalue weighted by molar-refractivity contribution is 6.35. The molecule has 120 valence electrons. The molecule has 23 heavy (non-hydrogen) atoms. The van der Waals surface area contributed by atoms with Crippen molar-refractivity contribution in [1.29, 1.82) is 0 Å². The molecule has 2 aromatic carbocycles. The average Bonchev–Trinajstić information content (AvgIpc) is 2.51. The maximum atomic E-state index is 12.0. The lowest BCUT2D eigenvalue weighted by atomic mass is 10.1. The predicted octanol–water partition coefficient (Wildman–Crippen LogP) is 4.52. The Bertz CT molecular complexity index is 732. The molecule has 6 heteroatoms. The topological polar surface area (TPSA) is 58.2 Å². The number of hydrogen-bond acceptors (Lipinski definition) is 2. The Morgan fingerprint density at radius 2 is 1.61 bits per heavy atom. The van der Waals surface area contributed by atoms with Crippen molar-refractivity contribution in [2.45, 2.75) is 19.8 Å². The lowest BCUT2D eigenvalue weighted by Gasteiger charge is -2.10. The van der Waals surface area contributed by atoms with Crippen molar-refractivity contribution in [2.24, 2.45) is 0 Å². The van der Waals surface area contributed by atoms with Crippen LogP contribution in [0.5, 0.6) is 0 Å². The summed E-state index contributed by atoms with van der Waals surface area (Å²) in [7, 11) is 0. The molecule has 0 bridgehead atoms. The fraction of sp³-hybridized carbons (Fsp3) is 0.176. The summed E-state index contributed by atoms with van der Waals surface area (Å²) in [4.78, 5) is 24.0. The van der Waals surface area contributed by atoms with E-state index in [1.54, 1.807) is 12.1 Å². The fourth-order valence-corrected chi connectivity index (χ4v) is 2.42. The summed E-state index contributed by atoms with van der Waals surface area (Å²) in [6.45, 7) is 2.00. The van der Waals surface area contributed by atoms with Crippen LogP contribution in [0.15, 0.2) is 42.5 Å². The second kappa shape index (κ2) is 7.99. The molecule has 0 saturated heterocycles. The molecule has 0 atom stereocenters. The Labute approximate surface area is 144 Å². The van der Waals surface area contributed by atoms with Crippen LogP contribution in [0.1, 0.15) is 18.9 Å². The zero-order chi connectivity index (χ0) is 16.8. The highest BCUT2D eigenvalue weighted by Gasteiger charge is 2.13. The van der Waals surface area contributed by atoms with Crippen LogP contribution in [0.25, 0.3) is 0 Å². The van der Waals surface area contributed by atoms with Crippen molar-refractivity contribution in [3.63, 3.8) is 0 Å². The smallest absolute Gasteiger partial charge is 0.233 e. The van der Waals surface area contributed by atoms with E-state index in [1.807, 2.05) is 31.2 Å². The number of rotatable bonds is 5. The van der Waals surface area contributed by atoms with Gasteiger partial charge in [0.25, 0.3) is 0 Å². The van der Waals surface area contributed by atoms with Gasteiger partial charge in [0.1, 0.15) is 6.42 Å². The standard InChI is InChI=1S/C17H16Cl2N2O2/c1-2-11-5-3-4-6-14(11)20-16(22)10-17(23)21-15-9-12(18)7-8-13(15)19/h3-9H,2,10H2,1H3,(H,20,22)(H,21,23). The molecule has 0 aliphatic carbocycles. The number of carbonyl (C=O) groups is 2. The van der Waals surface area contributed by atoms with E-state index in [0.717, 1.165) is 12.0 Å². The van der Waals surface area contributed by atoms with Crippen molar-refractivity contribution >= 4 is 46.4 Å². The lowest BCUT2D eigenvalue weighted by Crippen LogP contribution is -2.22. The van der Waals surface area contributed by atoms with Crippen LogP contribution in [0, 0.1) is 0 Å². The van der Waals surface area contributed by atoms with Gasteiger partial charge in [0.2, 0.25) is 11.8 Å². The van der Waals surface area contributed by atoms with Crippen molar-refractivity contribution in [1.82, 2.24) is 0 Å². The van der Waals surface area contributed by atoms with Crippen molar-refractivity contribution in [3.8, 4) is 0 Å². The monoisotopic (exact) mass is 350 g/mol. The van der Waals surface area contributed by atoms with E-state index in [4.69, 9.17) is 23.2 Å². The molecule has 0 radical (unpaired) electrons. The van der Waals surface area contributed by atoms with Crippen molar-refractivity contribution in [3.05, 3.63) is 58.1 Å². The summed E-state index contributed by atoms with van der Waals surface area (Å²) in [6.07, 6.45) is 0.488. The number of benzene rings is 2. The van der Waals surface area contributed by atoms with Gasteiger partial charge in [0.05, 0.1) is 10.7 Å². The third kappa shape index (κ3) is 4.98. The van der Waals surface area contributed by atoms with Crippen LogP contribution < -0.4 is 10.6 Å². The number of nitrogens with one attached hydrogen (secondary N) is 2. The fourth-order valence-electron chi connectivity index (χ4n) is 2.08. The molecule has 0 saturated carbocycles. The summed E-state index contributed by atoms with van der Waals surface area (Å²) in [5.74, 6) is -0.845. The van der Waals surface area contributed by atoms with Crippen molar-refractivity contribution in [2.75, 3.05) is 10.6 Å². The minimum absolute atomic E-state index is 0.305. The normalized spacial score (nSPS) is 10.2.